The summed E-state index contributed by atoms with van der Waals surface area (Å²) in [5.41, 5.74) is -0.168. The largest absolute Gasteiger partial charge is 0.365 e. The molecule has 19 heavy (non-hydrogen) atoms. The van der Waals surface area contributed by atoms with Crippen molar-refractivity contribution in [2.45, 2.75) is 50.7 Å². The molecule has 0 N–H and O–H groups in total. The van der Waals surface area contributed by atoms with E-state index in [1.165, 1.54) is 12.8 Å². The van der Waals surface area contributed by atoms with Crippen molar-refractivity contribution in [2.75, 3.05) is 18.0 Å². The van der Waals surface area contributed by atoms with Crippen LogP contribution in [0.15, 0.2) is 12.4 Å². The normalized spacial score (nSPS) is 24.9. The van der Waals surface area contributed by atoms with Gasteiger partial charge in [-0.3, -0.25) is 4.98 Å². The number of morpholine rings is 1. The van der Waals surface area contributed by atoms with Crippen molar-refractivity contribution in [3.05, 3.63) is 17.5 Å². The van der Waals surface area contributed by atoms with Gasteiger partial charge in [-0.2, -0.15) is 0 Å². The molecule has 0 atom stereocenters. The molecule has 2 aliphatic rings. The second kappa shape index (κ2) is 4.60. The van der Waals surface area contributed by atoms with Crippen molar-refractivity contribution in [1.29, 1.82) is 0 Å². The molecule has 0 radical (unpaired) electrons. The molecule has 1 spiro atoms. The maximum absolute atomic E-state index is 6.38. The molecule has 1 aliphatic carbocycles. The molecular weight excluding hydrogens is 262 g/mol. The van der Waals surface area contributed by atoms with Gasteiger partial charge in [-0.1, -0.05) is 24.4 Å². The maximum atomic E-state index is 6.38. The van der Waals surface area contributed by atoms with Gasteiger partial charge in [0.25, 0.3) is 0 Å². The van der Waals surface area contributed by atoms with Crippen LogP contribution in [0, 0.1) is 0 Å². The molecule has 0 unspecified atom stereocenters. The minimum absolute atomic E-state index is 0.00819. The van der Waals surface area contributed by atoms with Crippen molar-refractivity contribution in [2.24, 2.45) is 0 Å². The van der Waals surface area contributed by atoms with Crippen LogP contribution >= 0.6 is 11.6 Å². The minimum Gasteiger partial charge on any atom is -0.365 e. The van der Waals surface area contributed by atoms with Crippen LogP contribution in [0.1, 0.15) is 39.5 Å². The number of halogens is 1. The zero-order valence-electron chi connectivity index (χ0n) is 11.5. The van der Waals surface area contributed by atoms with Crippen LogP contribution in [0.3, 0.4) is 0 Å². The number of anilines is 1. The van der Waals surface area contributed by atoms with Crippen LogP contribution in [0.4, 0.5) is 5.82 Å². The number of aromatic nitrogens is 2. The Morgan fingerprint density at radius 1 is 1.21 bits per heavy atom. The molecule has 1 aromatic heterocycles. The van der Waals surface area contributed by atoms with Crippen molar-refractivity contribution in [3.8, 4) is 0 Å². The van der Waals surface area contributed by atoms with E-state index in [-0.39, 0.29) is 11.2 Å². The van der Waals surface area contributed by atoms with Gasteiger partial charge in [0.05, 0.1) is 23.6 Å². The smallest absolute Gasteiger partial charge is 0.149 e. The van der Waals surface area contributed by atoms with E-state index in [0.29, 0.717) is 5.15 Å². The topological polar surface area (TPSA) is 38.2 Å². The average molecular weight is 282 g/mol. The Kier molecular flexibility index (Phi) is 3.18. The van der Waals surface area contributed by atoms with Gasteiger partial charge in [-0.25, -0.2) is 4.98 Å². The monoisotopic (exact) mass is 281 g/mol. The SMILES string of the molecule is CC1(C)CN(c2cncc(Cl)n2)CC2(CCCC2)O1. The van der Waals surface area contributed by atoms with E-state index in [0.717, 1.165) is 31.7 Å². The van der Waals surface area contributed by atoms with Crippen LogP contribution in [-0.2, 0) is 4.74 Å². The average Bonchev–Trinajstić information content (AvgIpc) is 2.74. The molecule has 2 fully saturated rings. The van der Waals surface area contributed by atoms with E-state index < -0.39 is 0 Å². The lowest BCUT2D eigenvalue weighted by Gasteiger charge is -2.49. The van der Waals surface area contributed by atoms with Gasteiger partial charge >= 0.3 is 0 Å². The Morgan fingerprint density at radius 2 is 1.95 bits per heavy atom. The number of rotatable bonds is 1. The summed E-state index contributed by atoms with van der Waals surface area (Å²) < 4.78 is 6.38. The van der Waals surface area contributed by atoms with E-state index in [2.05, 4.69) is 28.7 Å². The number of ether oxygens (including phenoxy) is 1. The highest BCUT2D eigenvalue weighted by Gasteiger charge is 2.46. The zero-order valence-corrected chi connectivity index (χ0v) is 12.3. The minimum atomic E-state index is -0.160. The maximum Gasteiger partial charge on any atom is 0.149 e. The summed E-state index contributed by atoms with van der Waals surface area (Å²) in [5, 5.41) is 0.447. The van der Waals surface area contributed by atoms with E-state index in [9.17, 15) is 0 Å². The summed E-state index contributed by atoms with van der Waals surface area (Å²) >= 11 is 5.95. The molecule has 5 heteroatoms. The summed E-state index contributed by atoms with van der Waals surface area (Å²) in [6.45, 7) is 6.02. The first-order chi connectivity index (χ1) is 8.98. The zero-order chi connectivity index (χ0) is 13.5. The fourth-order valence-corrected chi connectivity index (χ4v) is 3.58. The molecule has 1 aromatic rings. The van der Waals surface area contributed by atoms with E-state index in [4.69, 9.17) is 16.3 Å². The quantitative estimate of drug-likeness (QED) is 0.793. The second-order valence-electron chi connectivity index (χ2n) is 6.31. The highest BCUT2D eigenvalue weighted by atomic mass is 35.5. The Hall–Kier alpha value is -0.870. The molecule has 3 rings (SSSR count). The van der Waals surface area contributed by atoms with Gasteiger partial charge in [0.1, 0.15) is 11.0 Å². The van der Waals surface area contributed by atoms with Gasteiger partial charge in [0.2, 0.25) is 0 Å². The Bertz CT molecular complexity index is 472. The molecule has 104 valence electrons. The number of hydrogen-bond donors (Lipinski definition) is 0. The standard InChI is InChI=1S/C14H20ClN3O/c1-13(2)9-18(12-8-16-7-11(15)17-12)10-14(19-13)5-3-4-6-14/h7-8H,3-6,9-10H2,1-2H3. The summed E-state index contributed by atoms with van der Waals surface area (Å²) in [7, 11) is 0. The first-order valence-corrected chi connectivity index (χ1v) is 7.29. The molecule has 1 saturated heterocycles. The molecule has 0 amide bonds. The lowest BCUT2D eigenvalue weighted by Crippen LogP contribution is -2.59. The third kappa shape index (κ3) is 2.70. The van der Waals surface area contributed by atoms with Gasteiger partial charge in [0, 0.05) is 13.1 Å². The highest BCUT2D eigenvalue weighted by Crippen LogP contribution is 2.41. The lowest BCUT2D eigenvalue weighted by molar-refractivity contribution is -0.148. The third-order valence-corrected chi connectivity index (χ3v) is 4.16. The van der Waals surface area contributed by atoms with Crippen molar-refractivity contribution >= 4 is 17.4 Å². The number of hydrogen-bond acceptors (Lipinski definition) is 4. The van der Waals surface area contributed by atoms with Gasteiger partial charge in [0.15, 0.2) is 0 Å². The molecule has 1 aliphatic heterocycles. The van der Waals surface area contributed by atoms with E-state index in [1.807, 2.05) is 0 Å². The predicted octanol–water partition coefficient (Wildman–Crippen LogP) is 3.06. The molecule has 2 heterocycles. The van der Waals surface area contributed by atoms with Crippen LogP contribution in [0.5, 0.6) is 0 Å². The molecule has 4 nitrogen and oxygen atoms in total. The van der Waals surface area contributed by atoms with Crippen LogP contribution in [0.25, 0.3) is 0 Å². The first kappa shape index (κ1) is 13.1. The van der Waals surface area contributed by atoms with Crippen LogP contribution in [-0.4, -0.2) is 34.3 Å². The molecular formula is C14H20ClN3O. The molecule has 0 bridgehead atoms. The Balaban J connectivity index is 1.89. The summed E-state index contributed by atoms with van der Waals surface area (Å²) in [6, 6.07) is 0. The van der Waals surface area contributed by atoms with Gasteiger partial charge in [-0.05, 0) is 26.7 Å². The van der Waals surface area contributed by atoms with Crippen molar-refractivity contribution in [3.63, 3.8) is 0 Å². The number of nitrogens with zero attached hydrogens (tertiary/aromatic N) is 3. The first-order valence-electron chi connectivity index (χ1n) is 6.91. The van der Waals surface area contributed by atoms with Gasteiger partial charge < -0.3 is 9.64 Å². The fourth-order valence-electron chi connectivity index (χ4n) is 3.44. The molecule has 0 aromatic carbocycles. The fraction of sp³-hybridized carbons (Fsp3) is 0.714. The summed E-state index contributed by atoms with van der Waals surface area (Å²) in [4.78, 5) is 10.8. The van der Waals surface area contributed by atoms with Crippen LogP contribution in [0.2, 0.25) is 5.15 Å². The van der Waals surface area contributed by atoms with Crippen LogP contribution < -0.4 is 4.90 Å². The van der Waals surface area contributed by atoms with Gasteiger partial charge in [-0.15, -0.1) is 0 Å². The van der Waals surface area contributed by atoms with E-state index >= 15 is 0 Å². The predicted molar refractivity (Wildman–Crippen MR) is 75.6 cm³/mol. The third-order valence-electron chi connectivity index (χ3n) is 3.97. The lowest BCUT2D eigenvalue weighted by atomic mass is 9.94. The molecule has 1 saturated carbocycles. The summed E-state index contributed by atoms with van der Waals surface area (Å²) in [5.74, 6) is 0.857. The highest BCUT2D eigenvalue weighted by molar-refractivity contribution is 6.29. The summed E-state index contributed by atoms with van der Waals surface area (Å²) in [6.07, 6.45) is 8.15. The van der Waals surface area contributed by atoms with Crippen molar-refractivity contribution in [1.82, 2.24) is 9.97 Å². The Morgan fingerprint density at radius 3 is 2.63 bits per heavy atom. The second-order valence-corrected chi connectivity index (χ2v) is 6.70. The van der Waals surface area contributed by atoms with Crippen molar-refractivity contribution < 1.29 is 4.74 Å². The van der Waals surface area contributed by atoms with E-state index in [1.54, 1.807) is 12.4 Å². The Labute approximate surface area is 119 Å².